The number of carbonyl (C=O) groups excluding carboxylic acids is 1. The Hall–Kier alpha value is -2.83. The molecule has 3 rings (SSSR count). The number of unbranched alkanes of at least 4 members (excludes halogenated alkanes) is 2. The van der Waals surface area contributed by atoms with E-state index in [1.165, 1.54) is 12.8 Å². The Bertz CT molecular complexity index is 795. The molecular formula is C22H30N4O3. The first-order valence-electron chi connectivity index (χ1n) is 10.2. The van der Waals surface area contributed by atoms with E-state index in [1.807, 2.05) is 48.2 Å². The van der Waals surface area contributed by atoms with Gasteiger partial charge in [-0.2, -0.15) is 4.98 Å². The molecule has 1 unspecified atom stereocenters. The summed E-state index contributed by atoms with van der Waals surface area (Å²) in [6.45, 7) is 4.09. The van der Waals surface area contributed by atoms with Gasteiger partial charge in [-0.15, -0.1) is 0 Å². The number of ether oxygens (including phenoxy) is 2. The summed E-state index contributed by atoms with van der Waals surface area (Å²) in [6.07, 6.45) is 7.38. The lowest BCUT2D eigenvalue weighted by molar-refractivity contribution is 0.0771. The first-order chi connectivity index (χ1) is 14.1. The van der Waals surface area contributed by atoms with E-state index in [2.05, 4.69) is 16.9 Å². The molecule has 2 heterocycles. The first-order valence-corrected chi connectivity index (χ1v) is 10.2. The third kappa shape index (κ3) is 5.82. The van der Waals surface area contributed by atoms with Crippen molar-refractivity contribution in [1.82, 2.24) is 14.9 Å². The second-order valence-electron chi connectivity index (χ2n) is 7.47. The van der Waals surface area contributed by atoms with E-state index in [0.29, 0.717) is 31.1 Å². The van der Waals surface area contributed by atoms with Crippen LogP contribution in [-0.2, 0) is 0 Å². The molecule has 2 aromatic rings. The molecule has 0 N–H and O–H groups in total. The number of likely N-dealkylation sites (tertiary alicyclic amines) is 1. The summed E-state index contributed by atoms with van der Waals surface area (Å²) in [6, 6.07) is 7.40. The summed E-state index contributed by atoms with van der Waals surface area (Å²) in [5.41, 5.74) is 0.668. The Morgan fingerprint density at radius 1 is 1.21 bits per heavy atom. The van der Waals surface area contributed by atoms with Gasteiger partial charge in [-0.3, -0.25) is 9.78 Å². The second-order valence-corrected chi connectivity index (χ2v) is 7.47. The molecule has 0 radical (unpaired) electrons. The smallest absolute Gasteiger partial charge is 0.253 e. The van der Waals surface area contributed by atoms with Gasteiger partial charge >= 0.3 is 0 Å². The van der Waals surface area contributed by atoms with Gasteiger partial charge in [-0.25, -0.2) is 0 Å². The molecule has 0 bridgehead atoms. The monoisotopic (exact) mass is 398 g/mol. The lowest BCUT2D eigenvalue weighted by Crippen LogP contribution is -2.31. The van der Waals surface area contributed by atoms with E-state index < -0.39 is 0 Å². The topological polar surface area (TPSA) is 67.8 Å². The third-order valence-corrected chi connectivity index (χ3v) is 4.90. The van der Waals surface area contributed by atoms with Crippen LogP contribution in [0.2, 0.25) is 0 Å². The Kier molecular flexibility index (Phi) is 7.27. The van der Waals surface area contributed by atoms with Gasteiger partial charge in [-0.1, -0.05) is 19.8 Å². The van der Waals surface area contributed by atoms with Crippen LogP contribution in [0.4, 0.5) is 5.82 Å². The molecular weight excluding hydrogens is 368 g/mol. The molecule has 29 heavy (non-hydrogen) atoms. The number of carbonyl (C=O) groups is 1. The summed E-state index contributed by atoms with van der Waals surface area (Å²) >= 11 is 0. The van der Waals surface area contributed by atoms with Crippen LogP contribution in [0.5, 0.6) is 11.6 Å². The van der Waals surface area contributed by atoms with Crippen LogP contribution >= 0.6 is 0 Å². The molecule has 1 fully saturated rings. The highest BCUT2D eigenvalue weighted by molar-refractivity contribution is 5.94. The number of amides is 1. The molecule has 1 atom stereocenters. The van der Waals surface area contributed by atoms with Crippen LogP contribution < -0.4 is 14.4 Å². The first kappa shape index (κ1) is 20.9. The highest BCUT2D eigenvalue weighted by Crippen LogP contribution is 2.21. The number of aromatic nitrogens is 2. The number of hydrogen-bond acceptors (Lipinski definition) is 6. The highest BCUT2D eigenvalue weighted by atomic mass is 16.5. The van der Waals surface area contributed by atoms with Gasteiger partial charge < -0.3 is 19.3 Å². The Morgan fingerprint density at radius 3 is 2.72 bits per heavy atom. The van der Waals surface area contributed by atoms with Crippen molar-refractivity contribution in [2.45, 2.75) is 38.7 Å². The summed E-state index contributed by atoms with van der Waals surface area (Å²) in [5.74, 6) is 2.05. The quantitative estimate of drug-likeness (QED) is 0.603. The summed E-state index contributed by atoms with van der Waals surface area (Å²) in [4.78, 5) is 25.1. The lowest BCUT2D eigenvalue weighted by atomic mass is 10.2. The predicted octanol–water partition coefficient (Wildman–Crippen LogP) is 3.41. The van der Waals surface area contributed by atoms with Gasteiger partial charge in [0.15, 0.2) is 5.82 Å². The Morgan fingerprint density at radius 2 is 2.00 bits per heavy atom. The summed E-state index contributed by atoms with van der Waals surface area (Å²) < 4.78 is 11.7. The van der Waals surface area contributed by atoms with Crippen molar-refractivity contribution in [3.8, 4) is 11.6 Å². The average molecular weight is 399 g/mol. The van der Waals surface area contributed by atoms with E-state index in [9.17, 15) is 4.79 Å². The van der Waals surface area contributed by atoms with Gasteiger partial charge in [0, 0.05) is 32.6 Å². The molecule has 1 aliphatic rings. The zero-order valence-corrected chi connectivity index (χ0v) is 17.5. The molecule has 7 nitrogen and oxygen atoms in total. The van der Waals surface area contributed by atoms with Crippen molar-refractivity contribution in [2.75, 3.05) is 38.7 Å². The van der Waals surface area contributed by atoms with Crippen LogP contribution in [0.25, 0.3) is 0 Å². The lowest BCUT2D eigenvalue weighted by Gasteiger charge is -2.18. The number of benzene rings is 1. The fraction of sp³-hybridized carbons (Fsp3) is 0.500. The summed E-state index contributed by atoms with van der Waals surface area (Å²) in [7, 11) is 3.82. The number of nitrogens with zero attached hydrogens (tertiary/aromatic N) is 4. The molecule has 7 heteroatoms. The highest BCUT2D eigenvalue weighted by Gasteiger charge is 2.28. The normalized spacial score (nSPS) is 16.0. The van der Waals surface area contributed by atoms with Crippen molar-refractivity contribution in [3.63, 3.8) is 0 Å². The van der Waals surface area contributed by atoms with Gasteiger partial charge in [0.25, 0.3) is 5.91 Å². The van der Waals surface area contributed by atoms with Crippen LogP contribution in [0.1, 0.15) is 43.0 Å². The zero-order valence-electron chi connectivity index (χ0n) is 17.5. The van der Waals surface area contributed by atoms with Gasteiger partial charge in [-0.05, 0) is 30.7 Å². The number of anilines is 1. The van der Waals surface area contributed by atoms with Crippen molar-refractivity contribution in [3.05, 3.63) is 42.2 Å². The predicted molar refractivity (Wildman–Crippen MR) is 113 cm³/mol. The maximum absolute atomic E-state index is 12.8. The van der Waals surface area contributed by atoms with E-state index in [4.69, 9.17) is 9.47 Å². The van der Waals surface area contributed by atoms with Gasteiger partial charge in [0.2, 0.25) is 5.88 Å². The van der Waals surface area contributed by atoms with Crippen molar-refractivity contribution in [1.29, 1.82) is 0 Å². The van der Waals surface area contributed by atoms with Crippen LogP contribution in [0.15, 0.2) is 36.7 Å². The van der Waals surface area contributed by atoms with Crippen LogP contribution in [-0.4, -0.2) is 60.7 Å². The summed E-state index contributed by atoms with van der Waals surface area (Å²) in [5, 5.41) is 0. The van der Waals surface area contributed by atoms with E-state index in [1.54, 1.807) is 12.4 Å². The Labute approximate surface area is 172 Å². The Balaban J connectivity index is 1.51. The van der Waals surface area contributed by atoms with E-state index in [-0.39, 0.29) is 12.0 Å². The maximum atomic E-state index is 12.8. The largest absolute Gasteiger partial charge is 0.494 e. The number of hydrogen-bond donors (Lipinski definition) is 0. The van der Waals surface area contributed by atoms with Crippen molar-refractivity contribution in [2.24, 2.45) is 0 Å². The SMILES string of the molecule is CCCCCOc1ccc(C(=O)N2CCC(Oc3cncc(N(C)C)n3)C2)cc1. The molecule has 0 spiro atoms. The molecule has 1 amide bonds. The minimum atomic E-state index is -0.0770. The molecule has 156 valence electrons. The standard InChI is InChI=1S/C22H30N4O3/c1-4-5-6-13-28-18-9-7-17(8-10-18)22(27)26-12-11-19(16-26)29-21-15-23-14-20(24-21)25(2)3/h7-10,14-15,19H,4-6,11-13,16H2,1-3H3. The van der Waals surface area contributed by atoms with Crippen molar-refractivity contribution < 1.29 is 14.3 Å². The molecule has 0 aliphatic carbocycles. The van der Waals surface area contributed by atoms with Gasteiger partial charge in [0.1, 0.15) is 11.9 Å². The maximum Gasteiger partial charge on any atom is 0.253 e. The van der Waals surface area contributed by atoms with E-state index in [0.717, 1.165) is 24.4 Å². The molecule has 1 saturated heterocycles. The van der Waals surface area contributed by atoms with Crippen LogP contribution in [0.3, 0.4) is 0 Å². The van der Waals surface area contributed by atoms with E-state index >= 15 is 0 Å². The zero-order chi connectivity index (χ0) is 20.6. The van der Waals surface area contributed by atoms with Crippen molar-refractivity contribution >= 4 is 11.7 Å². The fourth-order valence-corrected chi connectivity index (χ4v) is 3.21. The number of rotatable bonds is 9. The molecule has 0 saturated carbocycles. The second kappa shape index (κ2) is 10.1. The molecule has 1 aromatic carbocycles. The fourth-order valence-electron chi connectivity index (χ4n) is 3.21. The molecule has 1 aliphatic heterocycles. The third-order valence-electron chi connectivity index (χ3n) is 4.90. The minimum Gasteiger partial charge on any atom is -0.494 e. The average Bonchev–Trinajstić information content (AvgIpc) is 3.20. The van der Waals surface area contributed by atoms with Crippen LogP contribution in [0, 0.1) is 0 Å². The molecule has 1 aromatic heterocycles. The van der Waals surface area contributed by atoms with Gasteiger partial charge in [0.05, 0.1) is 25.5 Å². The minimum absolute atomic E-state index is 0.0155.